The minimum absolute atomic E-state index is 0.395. The number of ether oxygens (including phenoxy) is 2. The van der Waals surface area contributed by atoms with Gasteiger partial charge >= 0.3 is 0 Å². The van der Waals surface area contributed by atoms with Gasteiger partial charge in [0.05, 0.1) is 0 Å². The molecule has 0 aromatic heterocycles. The van der Waals surface area contributed by atoms with Gasteiger partial charge in [-0.15, -0.1) is 0 Å². The summed E-state index contributed by atoms with van der Waals surface area (Å²) in [4.78, 5) is 0. The van der Waals surface area contributed by atoms with Crippen LogP contribution in [0.15, 0.2) is 36.4 Å². The zero-order valence-electron chi connectivity index (χ0n) is 12.0. The second-order valence-corrected chi connectivity index (χ2v) is 6.80. The molecule has 4 bridgehead atoms. The molecule has 1 aromatic carbocycles. The third-order valence-corrected chi connectivity index (χ3v) is 6.60. The summed E-state index contributed by atoms with van der Waals surface area (Å²) in [7, 11) is 3.62. The maximum atomic E-state index is 5.91. The Morgan fingerprint density at radius 1 is 0.900 bits per heavy atom. The Kier molecular flexibility index (Phi) is 2.05. The molecule has 4 aliphatic rings. The molecule has 2 fully saturated rings. The summed E-state index contributed by atoms with van der Waals surface area (Å²) in [5, 5.41) is 0. The molecule has 0 aliphatic heterocycles. The second kappa shape index (κ2) is 3.55. The Hall–Kier alpha value is -1.12. The summed E-state index contributed by atoms with van der Waals surface area (Å²) in [5.41, 5.74) is 3.20. The number of benzene rings is 1. The fourth-order valence-corrected chi connectivity index (χ4v) is 6.11. The van der Waals surface area contributed by atoms with Crippen LogP contribution in [0.3, 0.4) is 0 Å². The van der Waals surface area contributed by atoms with Gasteiger partial charge in [-0.1, -0.05) is 36.4 Å². The van der Waals surface area contributed by atoms with Crippen LogP contribution in [-0.4, -0.2) is 20.0 Å². The van der Waals surface area contributed by atoms with E-state index < -0.39 is 5.79 Å². The van der Waals surface area contributed by atoms with E-state index in [0.717, 1.165) is 0 Å². The first-order valence-corrected chi connectivity index (χ1v) is 7.69. The first-order valence-electron chi connectivity index (χ1n) is 7.69. The van der Waals surface area contributed by atoms with E-state index in [-0.39, 0.29) is 0 Å². The summed E-state index contributed by atoms with van der Waals surface area (Å²) in [6.07, 6.45) is 6.07. The van der Waals surface area contributed by atoms with Crippen LogP contribution < -0.4 is 0 Å². The molecule has 2 nitrogen and oxygen atoms in total. The van der Waals surface area contributed by atoms with Gasteiger partial charge in [-0.3, -0.25) is 0 Å². The number of methoxy groups -OCH3 is 2. The van der Waals surface area contributed by atoms with Crippen LogP contribution >= 0.6 is 0 Å². The molecule has 1 aromatic rings. The van der Waals surface area contributed by atoms with Gasteiger partial charge in [0.25, 0.3) is 0 Å². The summed E-state index contributed by atoms with van der Waals surface area (Å²) < 4.78 is 11.8. The average Bonchev–Trinajstić information content (AvgIpc) is 3.22. The van der Waals surface area contributed by atoms with Gasteiger partial charge in [0.2, 0.25) is 0 Å². The monoisotopic (exact) mass is 268 g/mol. The van der Waals surface area contributed by atoms with Crippen LogP contribution in [0.1, 0.15) is 29.4 Å². The van der Waals surface area contributed by atoms with E-state index >= 15 is 0 Å². The summed E-state index contributed by atoms with van der Waals surface area (Å²) in [6.45, 7) is 0. The quantitative estimate of drug-likeness (QED) is 0.465. The van der Waals surface area contributed by atoms with Gasteiger partial charge in [-0.05, 0) is 41.2 Å². The zero-order chi connectivity index (χ0) is 13.5. The van der Waals surface area contributed by atoms with Gasteiger partial charge < -0.3 is 9.47 Å². The highest BCUT2D eigenvalue weighted by Crippen LogP contribution is 2.72. The maximum absolute atomic E-state index is 5.91. The Morgan fingerprint density at radius 2 is 1.40 bits per heavy atom. The minimum atomic E-state index is -0.395. The van der Waals surface area contributed by atoms with Crippen molar-refractivity contribution in [2.24, 2.45) is 23.7 Å². The number of hydrogen-bond acceptors (Lipinski definition) is 2. The molecule has 0 unspecified atom stereocenters. The fourth-order valence-electron chi connectivity index (χ4n) is 6.11. The van der Waals surface area contributed by atoms with E-state index in [0.29, 0.717) is 35.5 Å². The molecule has 0 spiro atoms. The average molecular weight is 268 g/mol. The Bertz CT molecular complexity index is 554. The normalized spacial score (nSPS) is 44.9. The molecule has 104 valence electrons. The van der Waals surface area contributed by atoms with Crippen molar-refractivity contribution in [3.05, 3.63) is 47.5 Å². The van der Waals surface area contributed by atoms with Crippen LogP contribution in [0.4, 0.5) is 0 Å². The van der Waals surface area contributed by atoms with Crippen molar-refractivity contribution in [1.82, 2.24) is 0 Å². The van der Waals surface area contributed by atoms with Gasteiger partial charge in [0, 0.05) is 26.1 Å². The topological polar surface area (TPSA) is 18.5 Å². The molecule has 0 amide bonds. The molecule has 20 heavy (non-hydrogen) atoms. The van der Waals surface area contributed by atoms with E-state index in [4.69, 9.17) is 9.47 Å². The Balaban J connectivity index is 1.66. The summed E-state index contributed by atoms with van der Waals surface area (Å²) >= 11 is 0. The molecule has 2 heteroatoms. The van der Waals surface area contributed by atoms with Gasteiger partial charge in [0.1, 0.15) is 0 Å². The highest BCUT2D eigenvalue weighted by molar-refractivity contribution is 5.47. The molecular weight excluding hydrogens is 248 g/mol. The van der Waals surface area contributed by atoms with Crippen LogP contribution in [0.2, 0.25) is 0 Å². The second-order valence-electron chi connectivity index (χ2n) is 6.80. The van der Waals surface area contributed by atoms with Crippen molar-refractivity contribution in [3.8, 4) is 0 Å². The molecular formula is C18H20O2. The largest absolute Gasteiger partial charge is 0.352 e. The lowest BCUT2D eigenvalue weighted by Gasteiger charge is -2.33. The number of hydrogen-bond donors (Lipinski definition) is 0. The van der Waals surface area contributed by atoms with Crippen molar-refractivity contribution < 1.29 is 9.47 Å². The SMILES string of the molecule is COC1(OC)[C@@H]2C=C[C@@H]1[C@@H]1[C@@H]2[C@@H]2C[C@@H]1c1ccccc12. The van der Waals surface area contributed by atoms with Crippen molar-refractivity contribution in [2.75, 3.05) is 14.2 Å². The lowest BCUT2D eigenvalue weighted by atomic mass is 9.71. The van der Waals surface area contributed by atoms with E-state index in [2.05, 4.69) is 36.4 Å². The molecule has 6 atom stereocenters. The number of rotatable bonds is 2. The standard InChI is InChI=1S/C18H20O2/c1-19-18(20-2)14-7-8-15(18)17-13-9-12(16(14)17)10-5-3-4-6-11(10)13/h3-8,12-17H,9H2,1-2H3/t12-,13-,14-,15-,16-,17-/m1/s1. The molecule has 0 heterocycles. The van der Waals surface area contributed by atoms with Gasteiger partial charge in [-0.2, -0.15) is 0 Å². The predicted octanol–water partition coefficient (Wildman–Crippen LogP) is 3.31. The highest BCUT2D eigenvalue weighted by atomic mass is 16.7. The Labute approximate surface area is 119 Å². The molecule has 0 saturated heterocycles. The molecule has 0 N–H and O–H groups in total. The first kappa shape index (κ1) is 11.5. The van der Waals surface area contributed by atoms with Crippen LogP contribution in [0.5, 0.6) is 0 Å². The van der Waals surface area contributed by atoms with Gasteiger partial charge in [-0.25, -0.2) is 0 Å². The fraction of sp³-hybridized carbons (Fsp3) is 0.556. The van der Waals surface area contributed by atoms with E-state index in [9.17, 15) is 0 Å². The van der Waals surface area contributed by atoms with Gasteiger partial charge in [0.15, 0.2) is 5.79 Å². The van der Waals surface area contributed by atoms with E-state index in [1.807, 2.05) is 14.2 Å². The Morgan fingerprint density at radius 3 is 1.85 bits per heavy atom. The van der Waals surface area contributed by atoms with E-state index in [1.165, 1.54) is 6.42 Å². The van der Waals surface area contributed by atoms with Crippen LogP contribution in [-0.2, 0) is 9.47 Å². The van der Waals surface area contributed by atoms with Crippen LogP contribution in [0.25, 0.3) is 0 Å². The van der Waals surface area contributed by atoms with Crippen molar-refractivity contribution >= 4 is 0 Å². The third kappa shape index (κ3) is 1.01. The third-order valence-electron chi connectivity index (χ3n) is 6.60. The molecule has 2 saturated carbocycles. The van der Waals surface area contributed by atoms with Crippen molar-refractivity contribution in [2.45, 2.75) is 24.0 Å². The molecule has 0 radical (unpaired) electrons. The smallest absolute Gasteiger partial charge is 0.180 e. The van der Waals surface area contributed by atoms with Crippen molar-refractivity contribution in [1.29, 1.82) is 0 Å². The maximum Gasteiger partial charge on any atom is 0.180 e. The lowest BCUT2D eigenvalue weighted by Crippen LogP contribution is -2.41. The summed E-state index contributed by atoms with van der Waals surface area (Å²) in [6, 6.07) is 9.06. The van der Waals surface area contributed by atoms with E-state index in [1.54, 1.807) is 11.1 Å². The molecule has 4 aliphatic carbocycles. The summed E-state index contributed by atoms with van der Waals surface area (Å²) in [5.74, 6) is 3.31. The molecule has 5 rings (SSSR count). The lowest BCUT2D eigenvalue weighted by molar-refractivity contribution is -0.235. The van der Waals surface area contributed by atoms with Crippen molar-refractivity contribution in [3.63, 3.8) is 0 Å². The highest BCUT2D eigenvalue weighted by Gasteiger charge is 2.70. The zero-order valence-corrected chi connectivity index (χ0v) is 12.0. The predicted molar refractivity (Wildman–Crippen MR) is 76.4 cm³/mol. The number of fused-ring (bicyclic) bond motifs is 12. The first-order chi connectivity index (χ1) is 9.81. The minimum Gasteiger partial charge on any atom is -0.352 e. The van der Waals surface area contributed by atoms with Crippen LogP contribution in [0, 0.1) is 23.7 Å².